The third-order valence-corrected chi connectivity index (χ3v) is 4.16. The molecule has 0 fully saturated rings. The highest BCUT2D eigenvalue weighted by Crippen LogP contribution is 2.27. The first-order chi connectivity index (χ1) is 10.7. The van der Waals surface area contributed by atoms with Gasteiger partial charge in [-0.2, -0.15) is 0 Å². The Balaban J connectivity index is 2.10. The van der Waals surface area contributed by atoms with Gasteiger partial charge in [0, 0.05) is 15.6 Å². The number of halogens is 2. The Kier molecular flexibility index (Phi) is 4.32. The number of para-hydroxylation sites is 2. The van der Waals surface area contributed by atoms with Crippen LogP contribution < -0.4 is 5.32 Å². The molecule has 1 heterocycles. The highest BCUT2D eigenvalue weighted by molar-refractivity contribution is 6.36. The van der Waals surface area contributed by atoms with Gasteiger partial charge < -0.3 is 9.88 Å². The normalized spacial score (nSPS) is 10.8. The molecule has 112 valence electrons. The fourth-order valence-electron chi connectivity index (χ4n) is 2.41. The van der Waals surface area contributed by atoms with Gasteiger partial charge in [0.2, 0.25) is 6.41 Å². The lowest BCUT2D eigenvalue weighted by atomic mass is 10.2. The molecule has 0 radical (unpaired) electrons. The number of carbonyl (C=O) groups excluding carboxylic acids is 1. The van der Waals surface area contributed by atoms with Crippen LogP contribution in [0.15, 0.2) is 42.5 Å². The SMILES string of the molecule is O=CNCc1nc2ccccc2n1Cc1c(Cl)cccc1Cl. The van der Waals surface area contributed by atoms with Crippen LogP contribution in [0.2, 0.25) is 10.0 Å². The molecule has 0 saturated carbocycles. The maximum Gasteiger partial charge on any atom is 0.207 e. The summed E-state index contributed by atoms with van der Waals surface area (Å²) < 4.78 is 2.01. The fourth-order valence-corrected chi connectivity index (χ4v) is 2.93. The maximum atomic E-state index is 10.6. The Labute approximate surface area is 137 Å². The summed E-state index contributed by atoms with van der Waals surface area (Å²) in [6.45, 7) is 0.842. The molecule has 0 bridgehead atoms. The van der Waals surface area contributed by atoms with Crippen molar-refractivity contribution < 1.29 is 4.79 Å². The molecule has 0 spiro atoms. The minimum Gasteiger partial charge on any atom is -0.351 e. The van der Waals surface area contributed by atoms with Crippen molar-refractivity contribution in [3.63, 3.8) is 0 Å². The molecule has 1 N–H and O–H groups in total. The van der Waals surface area contributed by atoms with E-state index in [9.17, 15) is 4.79 Å². The molecule has 3 rings (SSSR count). The number of hydrogen-bond donors (Lipinski definition) is 1. The molecule has 0 atom stereocenters. The number of carbonyl (C=O) groups is 1. The number of benzene rings is 2. The number of nitrogens with zero attached hydrogens (tertiary/aromatic N) is 2. The largest absolute Gasteiger partial charge is 0.351 e. The molecule has 1 aromatic heterocycles. The molecule has 22 heavy (non-hydrogen) atoms. The second kappa shape index (κ2) is 6.38. The molecule has 0 aliphatic rings. The third-order valence-electron chi connectivity index (χ3n) is 3.46. The van der Waals surface area contributed by atoms with Crippen molar-refractivity contribution in [2.45, 2.75) is 13.1 Å². The smallest absolute Gasteiger partial charge is 0.207 e. The summed E-state index contributed by atoms with van der Waals surface area (Å²) in [5.41, 5.74) is 2.68. The topological polar surface area (TPSA) is 46.9 Å². The molecule has 6 heteroatoms. The van der Waals surface area contributed by atoms with Gasteiger partial charge in [-0.3, -0.25) is 4.79 Å². The van der Waals surface area contributed by atoms with Gasteiger partial charge in [-0.05, 0) is 24.3 Å². The Bertz CT molecular complexity index is 809. The average molecular weight is 334 g/mol. The summed E-state index contributed by atoms with van der Waals surface area (Å²) in [6.07, 6.45) is 0.659. The predicted octanol–water partition coefficient (Wildman–Crippen LogP) is 3.64. The van der Waals surface area contributed by atoms with Crippen LogP contribution in [0.3, 0.4) is 0 Å². The van der Waals surface area contributed by atoms with Crippen molar-refractivity contribution in [1.82, 2.24) is 14.9 Å². The van der Waals surface area contributed by atoms with Gasteiger partial charge >= 0.3 is 0 Å². The summed E-state index contributed by atoms with van der Waals surface area (Å²) in [7, 11) is 0. The molecular weight excluding hydrogens is 321 g/mol. The summed E-state index contributed by atoms with van der Waals surface area (Å²) in [5, 5.41) is 3.87. The van der Waals surface area contributed by atoms with Crippen LogP contribution in [0.4, 0.5) is 0 Å². The number of imidazole rings is 1. The zero-order chi connectivity index (χ0) is 15.5. The minimum absolute atomic E-state index is 0.347. The molecule has 0 unspecified atom stereocenters. The summed E-state index contributed by atoms with van der Waals surface area (Å²) >= 11 is 12.5. The summed E-state index contributed by atoms with van der Waals surface area (Å²) in [4.78, 5) is 15.1. The first-order valence-electron chi connectivity index (χ1n) is 6.75. The van der Waals surface area contributed by atoms with Gasteiger partial charge in [0.15, 0.2) is 0 Å². The number of hydrogen-bond acceptors (Lipinski definition) is 2. The van der Waals surface area contributed by atoms with E-state index < -0.39 is 0 Å². The highest BCUT2D eigenvalue weighted by Gasteiger charge is 2.13. The van der Waals surface area contributed by atoms with E-state index in [1.54, 1.807) is 0 Å². The summed E-state index contributed by atoms with van der Waals surface area (Å²) in [6, 6.07) is 13.2. The number of amides is 1. The molecule has 0 saturated heterocycles. The maximum absolute atomic E-state index is 10.6. The van der Waals surface area contributed by atoms with Crippen molar-refractivity contribution in [2.24, 2.45) is 0 Å². The van der Waals surface area contributed by atoms with Crippen molar-refractivity contribution in [3.05, 3.63) is 63.9 Å². The molecule has 3 aromatic rings. The molecule has 0 aliphatic carbocycles. The minimum atomic E-state index is 0.347. The number of rotatable bonds is 5. The van der Waals surface area contributed by atoms with Crippen LogP contribution in [0.5, 0.6) is 0 Å². The Hall–Kier alpha value is -2.04. The zero-order valence-corrected chi connectivity index (χ0v) is 13.1. The second-order valence-corrected chi connectivity index (χ2v) is 5.62. The molecular formula is C16H13Cl2N3O. The van der Waals surface area contributed by atoms with Crippen LogP contribution in [0.25, 0.3) is 11.0 Å². The van der Waals surface area contributed by atoms with Gasteiger partial charge in [-0.15, -0.1) is 0 Å². The van der Waals surface area contributed by atoms with Gasteiger partial charge in [0.25, 0.3) is 0 Å². The van der Waals surface area contributed by atoms with E-state index in [4.69, 9.17) is 23.2 Å². The lowest BCUT2D eigenvalue weighted by molar-refractivity contribution is -0.109. The second-order valence-electron chi connectivity index (χ2n) is 4.80. The molecule has 4 nitrogen and oxygen atoms in total. The fraction of sp³-hybridized carbons (Fsp3) is 0.125. The lowest BCUT2D eigenvalue weighted by Crippen LogP contribution is -2.15. The van der Waals surface area contributed by atoms with E-state index in [0.717, 1.165) is 22.4 Å². The standard InChI is InChI=1S/C16H13Cl2N3O/c17-12-4-3-5-13(18)11(12)9-21-15-7-2-1-6-14(15)20-16(21)8-19-10-22/h1-7,10H,8-9H2,(H,19,22). The van der Waals surface area contributed by atoms with Crippen LogP contribution >= 0.6 is 23.2 Å². The van der Waals surface area contributed by atoms with Crippen molar-refractivity contribution in [3.8, 4) is 0 Å². The monoisotopic (exact) mass is 333 g/mol. The lowest BCUT2D eigenvalue weighted by Gasteiger charge is -2.12. The highest BCUT2D eigenvalue weighted by atomic mass is 35.5. The van der Waals surface area contributed by atoms with E-state index in [1.807, 2.05) is 47.0 Å². The predicted molar refractivity (Wildman–Crippen MR) is 88.2 cm³/mol. The first-order valence-corrected chi connectivity index (χ1v) is 7.50. The van der Waals surface area contributed by atoms with E-state index >= 15 is 0 Å². The van der Waals surface area contributed by atoms with Crippen molar-refractivity contribution in [1.29, 1.82) is 0 Å². The Morgan fingerprint density at radius 1 is 1.09 bits per heavy atom. The van der Waals surface area contributed by atoms with Crippen LogP contribution in [-0.4, -0.2) is 16.0 Å². The van der Waals surface area contributed by atoms with E-state index in [-0.39, 0.29) is 0 Å². The van der Waals surface area contributed by atoms with Crippen molar-refractivity contribution in [2.75, 3.05) is 0 Å². The van der Waals surface area contributed by atoms with Crippen LogP contribution in [-0.2, 0) is 17.9 Å². The zero-order valence-electron chi connectivity index (χ0n) is 11.6. The van der Waals surface area contributed by atoms with Gasteiger partial charge in [0.1, 0.15) is 5.82 Å². The molecule has 1 amide bonds. The van der Waals surface area contributed by atoms with E-state index in [2.05, 4.69) is 10.3 Å². The quantitative estimate of drug-likeness (QED) is 0.724. The van der Waals surface area contributed by atoms with Gasteiger partial charge in [-0.25, -0.2) is 4.98 Å². The van der Waals surface area contributed by atoms with Gasteiger partial charge in [0.05, 0.1) is 24.1 Å². The average Bonchev–Trinajstić information content (AvgIpc) is 2.86. The third kappa shape index (κ3) is 2.80. The molecule has 2 aromatic carbocycles. The Morgan fingerprint density at radius 3 is 2.55 bits per heavy atom. The number of nitrogens with one attached hydrogen (secondary N) is 1. The molecule has 0 aliphatic heterocycles. The van der Waals surface area contributed by atoms with E-state index in [0.29, 0.717) is 29.5 Å². The van der Waals surface area contributed by atoms with Crippen LogP contribution in [0, 0.1) is 0 Å². The first kappa shape index (κ1) is 14.9. The number of fused-ring (bicyclic) bond motifs is 1. The van der Waals surface area contributed by atoms with Gasteiger partial charge in [-0.1, -0.05) is 41.4 Å². The van der Waals surface area contributed by atoms with E-state index in [1.165, 1.54) is 0 Å². The van der Waals surface area contributed by atoms with Crippen LogP contribution in [0.1, 0.15) is 11.4 Å². The summed E-state index contributed by atoms with van der Waals surface area (Å²) in [5.74, 6) is 0.754. The van der Waals surface area contributed by atoms with Crippen molar-refractivity contribution >= 4 is 40.6 Å². The number of aromatic nitrogens is 2. The Morgan fingerprint density at radius 2 is 1.82 bits per heavy atom.